The van der Waals surface area contributed by atoms with Crippen LogP contribution in [0.15, 0.2) is 9.90 Å². The van der Waals surface area contributed by atoms with Gasteiger partial charge in [0.15, 0.2) is 5.82 Å². The van der Waals surface area contributed by atoms with E-state index in [1.807, 2.05) is 12.3 Å². The largest absolute Gasteiger partial charge is 0.397 e. The molecule has 2 aliphatic heterocycles. The van der Waals surface area contributed by atoms with Crippen LogP contribution in [0, 0.1) is 6.92 Å². The molecule has 4 heterocycles. The molecule has 2 fully saturated rings. The summed E-state index contributed by atoms with van der Waals surface area (Å²) in [5.41, 5.74) is 7.81. The van der Waals surface area contributed by atoms with Crippen molar-refractivity contribution in [2.45, 2.75) is 44.3 Å². The summed E-state index contributed by atoms with van der Waals surface area (Å²) in [5.74, 6) is 1.60. The first-order chi connectivity index (χ1) is 9.22. The number of ether oxygens (including phenoxy) is 1. The number of hydrogen-bond acceptors (Lipinski definition) is 6. The minimum absolute atomic E-state index is 0.276. The number of aryl methyl sites for hydroxylation is 1. The highest BCUT2D eigenvalue weighted by atomic mass is 32.1. The molecule has 2 saturated heterocycles. The lowest BCUT2D eigenvalue weighted by Gasteiger charge is -2.13. The van der Waals surface area contributed by atoms with E-state index in [0.29, 0.717) is 17.9 Å². The molecule has 5 nitrogen and oxygen atoms in total. The Morgan fingerprint density at radius 3 is 2.95 bits per heavy atom. The van der Waals surface area contributed by atoms with Crippen molar-refractivity contribution in [3.05, 3.63) is 16.8 Å². The van der Waals surface area contributed by atoms with Gasteiger partial charge < -0.3 is 15.0 Å². The predicted molar refractivity (Wildman–Crippen MR) is 72.0 cm³/mol. The smallest absolute Gasteiger partial charge is 0.270 e. The van der Waals surface area contributed by atoms with Crippen LogP contribution in [-0.2, 0) is 4.74 Å². The Kier molecular flexibility index (Phi) is 2.43. The zero-order valence-corrected chi connectivity index (χ0v) is 11.4. The van der Waals surface area contributed by atoms with E-state index in [2.05, 4.69) is 10.1 Å². The van der Waals surface area contributed by atoms with Gasteiger partial charge in [0, 0.05) is 0 Å². The monoisotopic (exact) mass is 277 g/mol. The Morgan fingerprint density at radius 2 is 2.32 bits per heavy atom. The first kappa shape index (κ1) is 11.4. The van der Waals surface area contributed by atoms with E-state index in [9.17, 15) is 0 Å². The van der Waals surface area contributed by atoms with Crippen molar-refractivity contribution in [2.24, 2.45) is 0 Å². The summed E-state index contributed by atoms with van der Waals surface area (Å²) in [7, 11) is 0. The molecule has 19 heavy (non-hydrogen) atoms. The Hall–Kier alpha value is -1.40. The van der Waals surface area contributed by atoms with Gasteiger partial charge in [0.1, 0.15) is 4.88 Å². The molecule has 2 aliphatic rings. The predicted octanol–water partition coefficient (Wildman–Crippen LogP) is 2.72. The molecule has 3 atom stereocenters. The van der Waals surface area contributed by atoms with Gasteiger partial charge in [0.2, 0.25) is 0 Å². The third-order valence-electron chi connectivity index (χ3n) is 4.10. The number of nitrogen functional groups attached to an aromatic ring is 1. The van der Waals surface area contributed by atoms with Crippen molar-refractivity contribution < 1.29 is 9.26 Å². The lowest BCUT2D eigenvalue weighted by atomic mass is 9.89. The molecular weight excluding hydrogens is 262 g/mol. The highest BCUT2D eigenvalue weighted by Gasteiger charge is 2.43. The molecule has 2 aromatic rings. The average molecular weight is 277 g/mol. The van der Waals surface area contributed by atoms with Crippen LogP contribution >= 0.6 is 11.3 Å². The molecule has 2 N–H and O–H groups in total. The van der Waals surface area contributed by atoms with Crippen molar-refractivity contribution in [1.29, 1.82) is 0 Å². The van der Waals surface area contributed by atoms with E-state index in [0.717, 1.165) is 34.8 Å². The first-order valence-electron chi connectivity index (χ1n) is 6.55. The first-order valence-corrected chi connectivity index (χ1v) is 7.43. The quantitative estimate of drug-likeness (QED) is 0.913. The fourth-order valence-electron chi connectivity index (χ4n) is 3.01. The van der Waals surface area contributed by atoms with Crippen LogP contribution in [-0.4, -0.2) is 22.3 Å². The third-order valence-corrected chi connectivity index (χ3v) is 5.20. The van der Waals surface area contributed by atoms with Crippen LogP contribution in [0.3, 0.4) is 0 Å². The van der Waals surface area contributed by atoms with Crippen LogP contribution in [0.25, 0.3) is 10.8 Å². The summed E-state index contributed by atoms with van der Waals surface area (Å²) in [5, 5.41) is 6.14. The lowest BCUT2D eigenvalue weighted by molar-refractivity contribution is 0.0996. The van der Waals surface area contributed by atoms with Gasteiger partial charge >= 0.3 is 0 Å². The maximum absolute atomic E-state index is 6.02. The van der Waals surface area contributed by atoms with Gasteiger partial charge in [0.25, 0.3) is 5.89 Å². The van der Waals surface area contributed by atoms with E-state index < -0.39 is 0 Å². The minimum Gasteiger partial charge on any atom is -0.397 e. The molecule has 2 bridgehead atoms. The summed E-state index contributed by atoms with van der Waals surface area (Å²) in [6, 6.07) is 0. The minimum atomic E-state index is 0.276. The molecule has 2 aromatic heterocycles. The number of hydrogen-bond donors (Lipinski definition) is 1. The Balaban J connectivity index is 1.65. The zero-order chi connectivity index (χ0) is 13.0. The molecule has 0 radical (unpaired) electrons. The van der Waals surface area contributed by atoms with E-state index in [1.54, 1.807) is 11.3 Å². The van der Waals surface area contributed by atoms with Crippen LogP contribution in [0.2, 0.25) is 0 Å². The summed E-state index contributed by atoms with van der Waals surface area (Å²) in [4.78, 5) is 5.40. The van der Waals surface area contributed by atoms with E-state index in [-0.39, 0.29) is 6.10 Å². The molecule has 6 heteroatoms. The van der Waals surface area contributed by atoms with E-state index in [1.165, 1.54) is 6.42 Å². The van der Waals surface area contributed by atoms with Crippen molar-refractivity contribution in [3.63, 3.8) is 0 Å². The van der Waals surface area contributed by atoms with Crippen LogP contribution in [0.1, 0.15) is 36.6 Å². The van der Waals surface area contributed by atoms with Gasteiger partial charge in [-0.25, -0.2) is 0 Å². The van der Waals surface area contributed by atoms with Crippen molar-refractivity contribution in [1.82, 2.24) is 10.1 Å². The molecule has 4 rings (SSSR count). The Bertz CT molecular complexity index is 621. The highest BCUT2D eigenvalue weighted by molar-refractivity contribution is 7.14. The van der Waals surface area contributed by atoms with Crippen molar-refractivity contribution in [3.8, 4) is 10.8 Å². The molecule has 100 valence electrons. The standard InChI is InChI=1S/C13H15N3O2S/c1-6-5-19-11(10(6)14)13-15-12(16-18-13)8-4-7-2-3-9(8)17-7/h5,7-9H,2-4,14H2,1H3. The van der Waals surface area contributed by atoms with Crippen molar-refractivity contribution >= 4 is 17.0 Å². The fourth-order valence-corrected chi connectivity index (χ4v) is 3.90. The molecule has 0 amide bonds. The number of anilines is 1. The molecule has 0 spiro atoms. The second-order valence-corrected chi connectivity index (χ2v) is 6.21. The SMILES string of the molecule is Cc1csc(-c2nc(C3CC4CCC3O4)no2)c1N. The Morgan fingerprint density at radius 1 is 1.42 bits per heavy atom. The number of thiophene rings is 1. The molecule has 0 aliphatic carbocycles. The summed E-state index contributed by atoms with van der Waals surface area (Å²) in [6.07, 6.45) is 3.97. The zero-order valence-electron chi connectivity index (χ0n) is 10.6. The van der Waals surface area contributed by atoms with Crippen molar-refractivity contribution in [2.75, 3.05) is 5.73 Å². The van der Waals surface area contributed by atoms with Crippen LogP contribution < -0.4 is 5.73 Å². The van der Waals surface area contributed by atoms with Crippen LogP contribution in [0.5, 0.6) is 0 Å². The third kappa shape index (κ3) is 1.70. The summed E-state index contributed by atoms with van der Waals surface area (Å²) < 4.78 is 11.2. The topological polar surface area (TPSA) is 74.2 Å². The number of nitrogens with two attached hydrogens (primary N) is 1. The number of rotatable bonds is 2. The maximum Gasteiger partial charge on any atom is 0.270 e. The molecule has 3 unspecified atom stereocenters. The number of aromatic nitrogens is 2. The van der Waals surface area contributed by atoms with E-state index >= 15 is 0 Å². The summed E-state index contributed by atoms with van der Waals surface area (Å²) in [6.45, 7) is 1.98. The number of fused-ring (bicyclic) bond motifs is 2. The van der Waals surface area contributed by atoms with Crippen LogP contribution in [0.4, 0.5) is 5.69 Å². The maximum atomic E-state index is 6.02. The summed E-state index contributed by atoms with van der Waals surface area (Å²) >= 11 is 1.55. The van der Waals surface area contributed by atoms with E-state index in [4.69, 9.17) is 15.0 Å². The second kappa shape index (κ2) is 4.05. The second-order valence-electron chi connectivity index (χ2n) is 5.34. The van der Waals surface area contributed by atoms with Gasteiger partial charge in [-0.3, -0.25) is 0 Å². The molecule has 0 aromatic carbocycles. The Labute approximate surface area is 114 Å². The highest BCUT2D eigenvalue weighted by Crippen LogP contribution is 2.44. The average Bonchev–Trinajstić information content (AvgIpc) is 3.15. The van der Waals surface area contributed by atoms with Gasteiger partial charge in [-0.15, -0.1) is 11.3 Å². The fraction of sp³-hybridized carbons (Fsp3) is 0.538. The normalized spacial score (nSPS) is 29.2. The number of nitrogens with zero attached hydrogens (tertiary/aromatic N) is 2. The van der Waals surface area contributed by atoms with Gasteiger partial charge in [-0.1, -0.05) is 5.16 Å². The van der Waals surface area contributed by atoms with Gasteiger partial charge in [0.05, 0.1) is 23.8 Å². The lowest BCUT2D eigenvalue weighted by Crippen LogP contribution is -2.15. The van der Waals surface area contributed by atoms with Gasteiger partial charge in [-0.05, 0) is 37.1 Å². The molecular formula is C13H15N3O2S. The van der Waals surface area contributed by atoms with Gasteiger partial charge in [-0.2, -0.15) is 4.98 Å². The molecule has 0 saturated carbocycles.